The van der Waals surface area contributed by atoms with E-state index >= 15 is 0 Å². The van der Waals surface area contributed by atoms with Crippen molar-refractivity contribution in [2.75, 3.05) is 38.2 Å². The van der Waals surface area contributed by atoms with Crippen LogP contribution in [0.5, 0.6) is 11.5 Å². The van der Waals surface area contributed by atoms with Crippen molar-refractivity contribution < 1.29 is 28.7 Å². The van der Waals surface area contributed by atoms with Crippen LogP contribution in [0, 0.1) is 0 Å². The molecule has 2 heterocycles. The predicted molar refractivity (Wildman–Crippen MR) is 137 cm³/mol. The number of para-hydroxylation sites is 1. The summed E-state index contributed by atoms with van der Waals surface area (Å²) in [5, 5.41) is 2.28. The van der Waals surface area contributed by atoms with Crippen LogP contribution in [0.4, 0.5) is 10.5 Å². The van der Waals surface area contributed by atoms with E-state index in [-0.39, 0.29) is 29.9 Å². The summed E-state index contributed by atoms with van der Waals surface area (Å²) < 4.78 is 11.3. The molecule has 2 saturated heterocycles. The minimum absolute atomic E-state index is 0.210. The number of nitrogens with one attached hydrogen (secondary N) is 1. The summed E-state index contributed by atoms with van der Waals surface area (Å²) >= 11 is 0.802. The summed E-state index contributed by atoms with van der Waals surface area (Å²) in [7, 11) is 0. The van der Waals surface area contributed by atoms with E-state index in [1.54, 1.807) is 41.3 Å². The maximum atomic E-state index is 12.8. The van der Waals surface area contributed by atoms with Gasteiger partial charge in [0.25, 0.3) is 17.1 Å². The molecule has 0 spiro atoms. The highest BCUT2D eigenvalue weighted by Gasteiger charge is 2.37. The van der Waals surface area contributed by atoms with Crippen LogP contribution in [0.3, 0.4) is 0 Å². The van der Waals surface area contributed by atoms with Gasteiger partial charge in [0.2, 0.25) is 5.91 Å². The number of benzene rings is 2. The molecule has 0 unspecified atom stereocenters. The molecule has 1 N–H and O–H groups in total. The third-order valence-electron chi connectivity index (χ3n) is 5.61. The number of thioether (sulfide) groups is 1. The van der Waals surface area contributed by atoms with Crippen LogP contribution in [0.25, 0.3) is 6.08 Å². The number of carbonyl (C=O) groups excluding carboxylic acids is 4. The summed E-state index contributed by atoms with van der Waals surface area (Å²) in [4.78, 5) is 52.8. The lowest BCUT2D eigenvalue weighted by atomic mass is 10.2. The number of hydrogen-bond acceptors (Lipinski definition) is 7. The van der Waals surface area contributed by atoms with Crippen molar-refractivity contribution in [1.82, 2.24) is 9.80 Å². The van der Waals surface area contributed by atoms with Gasteiger partial charge < -0.3 is 19.7 Å². The van der Waals surface area contributed by atoms with Gasteiger partial charge in [-0.05, 0) is 67.4 Å². The van der Waals surface area contributed by atoms with E-state index in [1.165, 1.54) is 0 Å². The second kappa shape index (κ2) is 11.8. The van der Waals surface area contributed by atoms with Gasteiger partial charge in [0.05, 0.1) is 11.5 Å². The van der Waals surface area contributed by atoms with E-state index in [0.717, 1.165) is 29.5 Å². The van der Waals surface area contributed by atoms with Gasteiger partial charge in [-0.1, -0.05) is 24.3 Å². The monoisotopic (exact) mass is 509 g/mol. The molecule has 0 aliphatic carbocycles. The second-order valence-corrected chi connectivity index (χ2v) is 9.19. The third-order valence-corrected chi connectivity index (χ3v) is 6.51. The molecule has 9 nitrogen and oxygen atoms in total. The Kier molecular flexibility index (Phi) is 8.27. The highest BCUT2D eigenvalue weighted by Crippen LogP contribution is 2.34. The number of likely N-dealkylation sites (tertiary alicyclic amines) is 1. The van der Waals surface area contributed by atoms with Gasteiger partial charge in [-0.15, -0.1) is 0 Å². The molecule has 4 amide bonds. The molecule has 0 radical (unpaired) electrons. The van der Waals surface area contributed by atoms with Gasteiger partial charge in [0.15, 0.2) is 18.1 Å². The number of nitrogens with zero attached hydrogens (tertiary/aromatic N) is 2. The minimum atomic E-state index is -0.492. The maximum absolute atomic E-state index is 12.8. The second-order valence-electron chi connectivity index (χ2n) is 8.20. The van der Waals surface area contributed by atoms with E-state index in [0.29, 0.717) is 42.4 Å². The molecule has 0 atom stereocenters. The Labute approximate surface area is 213 Å². The van der Waals surface area contributed by atoms with Crippen LogP contribution in [0.1, 0.15) is 25.3 Å². The molecule has 2 fully saturated rings. The quantitative estimate of drug-likeness (QED) is 0.513. The number of amides is 4. The van der Waals surface area contributed by atoms with Gasteiger partial charge in [-0.2, -0.15) is 0 Å². The number of hydrogen-bond donors (Lipinski definition) is 1. The highest BCUT2D eigenvalue weighted by molar-refractivity contribution is 8.18. The normalized spacial score (nSPS) is 16.5. The Balaban J connectivity index is 1.41. The molecule has 2 aromatic rings. The zero-order chi connectivity index (χ0) is 25.5. The van der Waals surface area contributed by atoms with E-state index < -0.39 is 11.1 Å². The molecule has 4 rings (SSSR count). The third kappa shape index (κ3) is 6.25. The summed E-state index contributed by atoms with van der Waals surface area (Å²) in [5.74, 6) is -0.241. The van der Waals surface area contributed by atoms with Crippen molar-refractivity contribution in [1.29, 1.82) is 0 Å². The standard InChI is InChI=1S/C26H27N3O6S/c1-2-34-21-14-18(10-11-20(21)35-17-23(30)27-19-8-4-3-5-9-19)15-22-25(32)29(26(33)36-22)16-24(31)28-12-6-7-13-28/h3-5,8-11,14-15H,2,6-7,12-13,16-17H2,1H3,(H,27,30)/b22-15-. The molecule has 0 bridgehead atoms. The number of anilines is 1. The largest absolute Gasteiger partial charge is 0.490 e. The Bertz CT molecular complexity index is 1180. The number of carbonyl (C=O) groups is 4. The molecule has 2 aliphatic rings. The molecule has 2 aromatic carbocycles. The summed E-state index contributed by atoms with van der Waals surface area (Å²) in [6, 6.07) is 14.1. The Hall–Kier alpha value is -3.79. The van der Waals surface area contributed by atoms with Crippen molar-refractivity contribution >= 4 is 46.5 Å². The lowest BCUT2D eigenvalue weighted by molar-refractivity contribution is -0.135. The summed E-state index contributed by atoms with van der Waals surface area (Å²) in [6.07, 6.45) is 3.46. The predicted octanol–water partition coefficient (Wildman–Crippen LogP) is 3.76. The van der Waals surface area contributed by atoms with Gasteiger partial charge in [0.1, 0.15) is 6.54 Å². The van der Waals surface area contributed by atoms with Crippen molar-refractivity contribution in [3.05, 3.63) is 59.0 Å². The first-order valence-corrected chi connectivity index (χ1v) is 12.5. The van der Waals surface area contributed by atoms with Crippen molar-refractivity contribution in [3.8, 4) is 11.5 Å². The van der Waals surface area contributed by atoms with E-state index in [2.05, 4.69) is 5.32 Å². The molecular weight excluding hydrogens is 482 g/mol. The molecular formula is C26H27N3O6S. The van der Waals surface area contributed by atoms with Crippen LogP contribution in [0.15, 0.2) is 53.4 Å². The molecule has 36 heavy (non-hydrogen) atoms. The van der Waals surface area contributed by atoms with Crippen LogP contribution < -0.4 is 14.8 Å². The fourth-order valence-electron chi connectivity index (χ4n) is 3.85. The van der Waals surface area contributed by atoms with E-state index in [1.807, 2.05) is 25.1 Å². The van der Waals surface area contributed by atoms with Gasteiger partial charge in [0, 0.05) is 18.8 Å². The van der Waals surface area contributed by atoms with Gasteiger partial charge in [-0.25, -0.2) is 0 Å². The van der Waals surface area contributed by atoms with E-state index in [4.69, 9.17) is 9.47 Å². The zero-order valence-corrected chi connectivity index (χ0v) is 20.7. The lowest BCUT2D eigenvalue weighted by Crippen LogP contribution is -2.40. The number of imide groups is 1. The van der Waals surface area contributed by atoms with Crippen LogP contribution in [0.2, 0.25) is 0 Å². The minimum Gasteiger partial charge on any atom is -0.490 e. The average molecular weight is 510 g/mol. The van der Waals surface area contributed by atoms with Gasteiger partial charge >= 0.3 is 0 Å². The van der Waals surface area contributed by atoms with Crippen molar-refractivity contribution in [2.45, 2.75) is 19.8 Å². The van der Waals surface area contributed by atoms with Crippen molar-refractivity contribution in [3.63, 3.8) is 0 Å². The van der Waals surface area contributed by atoms with Gasteiger partial charge in [-0.3, -0.25) is 24.1 Å². The Morgan fingerprint density at radius 3 is 2.50 bits per heavy atom. The first-order chi connectivity index (χ1) is 17.4. The molecule has 0 saturated carbocycles. The molecule has 0 aromatic heterocycles. The van der Waals surface area contributed by atoms with Crippen molar-refractivity contribution in [2.24, 2.45) is 0 Å². The highest BCUT2D eigenvalue weighted by atomic mass is 32.2. The molecule has 10 heteroatoms. The van der Waals surface area contributed by atoms with Crippen LogP contribution >= 0.6 is 11.8 Å². The lowest BCUT2D eigenvalue weighted by Gasteiger charge is -2.18. The Morgan fingerprint density at radius 2 is 1.78 bits per heavy atom. The topological polar surface area (TPSA) is 105 Å². The smallest absolute Gasteiger partial charge is 0.294 e. The maximum Gasteiger partial charge on any atom is 0.294 e. The fraction of sp³-hybridized carbons (Fsp3) is 0.308. The Morgan fingerprint density at radius 1 is 1.03 bits per heavy atom. The van der Waals surface area contributed by atoms with Crippen LogP contribution in [-0.4, -0.2) is 65.6 Å². The number of ether oxygens (including phenoxy) is 2. The summed E-state index contributed by atoms with van der Waals surface area (Å²) in [5.41, 5.74) is 1.29. The summed E-state index contributed by atoms with van der Waals surface area (Å²) in [6.45, 7) is 3.05. The molecule has 188 valence electrons. The van der Waals surface area contributed by atoms with Crippen LogP contribution in [-0.2, 0) is 14.4 Å². The number of rotatable bonds is 9. The first kappa shape index (κ1) is 25.3. The average Bonchev–Trinajstić information content (AvgIpc) is 3.49. The first-order valence-electron chi connectivity index (χ1n) is 11.7. The molecule has 2 aliphatic heterocycles. The SMILES string of the molecule is CCOc1cc(/C=C2\SC(=O)N(CC(=O)N3CCCC3)C2=O)ccc1OCC(=O)Nc1ccccc1. The van der Waals surface area contributed by atoms with E-state index in [9.17, 15) is 19.2 Å². The zero-order valence-electron chi connectivity index (χ0n) is 19.9. The fourth-order valence-corrected chi connectivity index (χ4v) is 4.69.